The summed E-state index contributed by atoms with van der Waals surface area (Å²) in [6.07, 6.45) is 8.28. The van der Waals surface area contributed by atoms with Crippen LogP contribution in [-0.2, 0) is 16.1 Å². The van der Waals surface area contributed by atoms with Gasteiger partial charge in [0.1, 0.15) is 12.4 Å². The fourth-order valence-electron chi connectivity index (χ4n) is 3.90. The summed E-state index contributed by atoms with van der Waals surface area (Å²) >= 11 is 0. The molecule has 1 saturated heterocycles. The third-order valence-electron chi connectivity index (χ3n) is 5.20. The lowest BCUT2D eigenvalue weighted by Gasteiger charge is -2.32. The highest BCUT2D eigenvalue weighted by Gasteiger charge is 2.29. The number of likely N-dealkylation sites (tertiary alicyclic amines) is 1. The van der Waals surface area contributed by atoms with Gasteiger partial charge in [0.2, 0.25) is 5.91 Å². The topological polar surface area (TPSA) is 60.2 Å². The van der Waals surface area contributed by atoms with Crippen molar-refractivity contribution in [2.24, 2.45) is 0 Å². The molecule has 1 aliphatic carbocycles. The van der Waals surface area contributed by atoms with E-state index in [4.69, 9.17) is 14.8 Å². The number of piperidine rings is 1. The molecule has 0 unspecified atom stereocenters. The first-order valence-corrected chi connectivity index (χ1v) is 8.88. The van der Waals surface area contributed by atoms with E-state index in [1.807, 2.05) is 4.90 Å². The van der Waals surface area contributed by atoms with Crippen molar-refractivity contribution in [2.75, 3.05) is 20.2 Å². The molecule has 2 aliphatic rings. The predicted molar refractivity (Wildman–Crippen MR) is 87.1 cm³/mol. The SMILES string of the molecule is COCc1nc(C2CCN(C(C)=O)CC2)n(C2CCCCC2)n1. The fourth-order valence-corrected chi connectivity index (χ4v) is 3.90. The molecule has 1 aromatic rings. The molecule has 23 heavy (non-hydrogen) atoms. The predicted octanol–water partition coefficient (Wildman–Crippen LogP) is 2.66. The minimum Gasteiger partial charge on any atom is -0.377 e. The monoisotopic (exact) mass is 320 g/mol. The highest BCUT2D eigenvalue weighted by molar-refractivity contribution is 5.73. The molecule has 1 saturated carbocycles. The maximum atomic E-state index is 11.5. The van der Waals surface area contributed by atoms with Crippen molar-refractivity contribution in [3.63, 3.8) is 0 Å². The Balaban J connectivity index is 1.78. The number of carbonyl (C=O) groups excluding carboxylic acids is 1. The molecule has 0 atom stereocenters. The van der Waals surface area contributed by atoms with Crippen LogP contribution in [0, 0.1) is 0 Å². The Hall–Kier alpha value is -1.43. The van der Waals surface area contributed by atoms with Gasteiger partial charge in [0.15, 0.2) is 5.82 Å². The Bertz CT molecular complexity index is 529. The van der Waals surface area contributed by atoms with E-state index in [1.54, 1.807) is 14.0 Å². The maximum absolute atomic E-state index is 11.5. The zero-order valence-corrected chi connectivity index (χ0v) is 14.3. The van der Waals surface area contributed by atoms with Gasteiger partial charge < -0.3 is 9.64 Å². The lowest BCUT2D eigenvalue weighted by molar-refractivity contribution is -0.129. The van der Waals surface area contributed by atoms with Crippen molar-refractivity contribution in [1.82, 2.24) is 19.7 Å². The summed E-state index contributed by atoms with van der Waals surface area (Å²) in [6.45, 7) is 3.79. The molecule has 1 aliphatic heterocycles. The van der Waals surface area contributed by atoms with E-state index in [-0.39, 0.29) is 5.91 Å². The summed E-state index contributed by atoms with van der Waals surface area (Å²) in [7, 11) is 1.69. The number of ether oxygens (including phenoxy) is 1. The van der Waals surface area contributed by atoms with Gasteiger partial charge in [0.05, 0.1) is 6.04 Å². The highest BCUT2D eigenvalue weighted by Crippen LogP contribution is 2.33. The number of hydrogen-bond acceptors (Lipinski definition) is 4. The van der Waals surface area contributed by atoms with Gasteiger partial charge in [-0.2, -0.15) is 5.10 Å². The molecular formula is C17H28N4O2. The van der Waals surface area contributed by atoms with E-state index < -0.39 is 0 Å². The zero-order chi connectivity index (χ0) is 16.2. The fraction of sp³-hybridized carbons (Fsp3) is 0.824. The van der Waals surface area contributed by atoms with Gasteiger partial charge in [-0.3, -0.25) is 4.79 Å². The smallest absolute Gasteiger partial charge is 0.219 e. The van der Waals surface area contributed by atoms with Crippen LogP contribution in [0.1, 0.15) is 75.5 Å². The van der Waals surface area contributed by atoms with Crippen molar-refractivity contribution in [1.29, 1.82) is 0 Å². The van der Waals surface area contributed by atoms with E-state index >= 15 is 0 Å². The first-order valence-electron chi connectivity index (χ1n) is 8.88. The Morgan fingerprint density at radius 1 is 1.17 bits per heavy atom. The maximum Gasteiger partial charge on any atom is 0.219 e. The molecule has 6 heteroatoms. The third kappa shape index (κ3) is 3.74. The number of amides is 1. The third-order valence-corrected chi connectivity index (χ3v) is 5.20. The molecular weight excluding hydrogens is 292 g/mol. The van der Waals surface area contributed by atoms with Crippen LogP contribution >= 0.6 is 0 Å². The van der Waals surface area contributed by atoms with Crippen LogP contribution in [0.15, 0.2) is 0 Å². The summed E-state index contributed by atoms with van der Waals surface area (Å²) in [5.74, 6) is 2.50. The molecule has 2 heterocycles. The highest BCUT2D eigenvalue weighted by atomic mass is 16.5. The number of aromatic nitrogens is 3. The van der Waals surface area contributed by atoms with Gasteiger partial charge in [-0.25, -0.2) is 9.67 Å². The minimum absolute atomic E-state index is 0.178. The number of rotatable bonds is 4. The molecule has 6 nitrogen and oxygen atoms in total. The Labute approximate surface area is 138 Å². The van der Waals surface area contributed by atoms with E-state index in [0.29, 0.717) is 18.6 Å². The molecule has 0 N–H and O–H groups in total. The average Bonchev–Trinajstić information content (AvgIpc) is 3.00. The summed E-state index contributed by atoms with van der Waals surface area (Å²) in [5.41, 5.74) is 0. The first-order chi connectivity index (χ1) is 11.2. The normalized spacial score (nSPS) is 20.9. The Morgan fingerprint density at radius 2 is 1.87 bits per heavy atom. The molecule has 0 radical (unpaired) electrons. The first kappa shape index (κ1) is 16.4. The van der Waals surface area contributed by atoms with Crippen molar-refractivity contribution in [3.05, 3.63) is 11.6 Å². The number of methoxy groups -OCH3 is 1. The van der Waals surface area contributed by atoms with Crippen LogP contribution in [0.25, 0.3) is 0 Å². The molecule has 3 rings (SSSR count). The molecule has 128 valence electrons. The lowest BCUT2D eigenvalue weighted by atomic mass is 9.93. The second kappa shape index (κ2) is 7.43. The van der Waals surface area contributed by atoms with E-state index in [2.05, 4.69) is 4.68 Å². The molecule has 0 spiro atoms. The van der Waals surface area contributed by atoms with Crippen LogP contribution in [0.4, 0.5) is 0 Å². The van der Waals surface area contributed by atoms with Gasteiger partial charge in [-0.05, 0) is 25.7 Å². The van der Waals surface area contributed by atoms with Gasteiger partial charge in [0, 0.05) is 33.0 Å². The number of carbonyl (C=O) groups is 1. The van der Waals surface area contributed by atoms with E-state index in [1.165, 1.54) is 32.1 Å². The lowest BCUT2D eigenvalue weighted by Crippen LogP contribution is -2.37. The van der Waals surface area contributed by atoms with Gasteiger partial charge in [0.25, 0.3) is 0 Å². The van der Waals surface area contributed by atoms with Crippen LogP contribution in [0.2, 0.25) is 0 Å². The van der Waals surface area contributed by atoms with Crippen molar-refractivity contribution >= 4 is 5.91 Å². The van der Waals surface area contributed by atoms with Crippen LogP contribution in [0.5, 0.6) is 0 Å². The number of nitrogens with zero attached hydrogens (tertiary/aromatic N) is 4. The molecule has 0 bridgehead atoms. The van der Waals surface area contributed by atoms with Crippen LogP contribution in [0.3, 0.4) is 0 Å². The summed E-state index contributed by atoms with van der Waals surface area (Å²) in [6, 6.07) is 0.489. The number of hydrogen-bond donors (Lipinski definition) is 0. The minimum atomic E-state index is 0.178. The molecule has 0 aromatic carbocycles. The van der Waals surface area contributed by atoms with Crippen molar-refractivity contribution in [3.8, 4) is 0 Å². The van der Waals surface area contributed by atoms with Gasteiger partial charge in [-0.15, -0.1) is 0 Å². The second-order valence-electron chi connectivity index (χ2n) is 6.84. The van der Waals surface area contributed by atoms with Crippen LogP contribution in [-0.4, -0.2) is 45.8 Å². The summed E-state index contributed by atoms with van der Waals surface area (Å²) in [5, 5.41) is 4.75. The average molecular weight is 320 g/mol. The molecule has 1 aromatic heterocycles. The van der Waals surface area contributed by atoms with Gasteiger partial charge >= 0.3 is 0 Å². The quantitative estimate of drug-likeness (QED) is 0.856. The van der Waals surface area contributed by atoms with Crippen molar-refractivity contribution < 1.29 is 9.53 Å². The van der Waals surface area contributed by atoms with E-state index in [0.717, 1.165) is 37.6 Å². The Morgan fingerprint density at radius 3 is 2.48 bits per heavy atom. The Kier molecular flexibility index (Phi) is 5.30. The zero-order valence-electron chi connectivity index (χ0n) is 14.3. The summed E-state index contributed by atoms with van der Waals surface area (Å²) < 4.78 is 7.42. The van der Waals surface area contributed by atoms with Crippen LogP contribution < -0.4 is 0 Å². The van der Waals surface area contributed by atoms with Gasteiger partial charge in [-0.1, -0.05) is 19.3 Å². The van der Waals surface area contributed by atoms with E-state index in [9.17, 15) is 4.79 Å². The standard InChI is InChI=1S/C17H28N4O2/c1-13(22)20-10-8-14(9-11-20)17-18-16(12-23-2)19-21(17)15-6-4-3-5-7-15/h14-15H,3-12H2,1-2H3. The molecule has 1 amide bonds. The summed E-state index contributed by atoms with van der Waals surface area (Å²) in [4.78, 5) is 18.3. The largest absolute Gasteiger partial charge is 0.377 e. The second-order valence-corrected chi connectivity index (χ2v) is 6.84. The van der Waals surface area contributed by atoms with Crippen molar-refractivity contribution in [2.45, 2.75) is 70.4 Å². The molecule has 2 fully saturated rings.